The lowest BCUT2D eigenvalue weighted by Gasteiger charge is -2.19. The van der Waals surface area contributed by atoms with Crippen LogP contribution in [0.2, 0.25) is 0 Å². The molecule has 0 aromatic carbocycles. The molecular formula is C12H25ClN2O3S. The molecule has 1 amide bonds. The van der Waals surface area contributed by atoms with Crippen molar-refractivity contribution in [2.24, 2.45) is 17.6 Å². The Morgan fingerprint density at radius 3 is 2.53 bits per heavy atom. The van der Waals surface area contributed by atoms with Gasteiger partial charge in [0.15, 0.2) is 9.84 Å². The molecule has 1 aliphatic rings. The van der Waals surface area contributed by atoms with Gasteiger partial charge in [-0.05, 0) is 31.2 Å². The second kappa shape index (κ2) is 8.07. The molecular weight excluding hydrogens is 288 g/mol. The molecule has 1 aliphatic carbocycles. The SMILES string of the molecule is CC(C)CS(=O)(=O)CC(=O)NC1CCCC1CN.Cl. The average Bonchev–Trinajstić information content (AvgIpc) is 2.61. The monoisotopic (exact) mass is 312 g/mol. The zero-order valence-electron chi connectivity index (χ0n) is 11.6. The molecule has 0 radical (unpaired) electrons. The molecule has 0 aromatic rings. The van der Waals surface area contributed by atoms with Crippen LogP contribution in [0.3, 0.4) is 0 Å². The van der Waals surface area contributed by atoms with Gasteiger partial charge in [-0.25, -0.2) is 8.42 Å². The predicted octanol–water partition coefficient (Wildman–Crippen LogP) is 0.723. The molecule has 0 saturated heterocycles. The van der Waals surface area contributed by atoms with E-state index in [0.717, 1.165) is 19.3 Å². The van der Waals surface area contributed by atoms with Gasteiger partial charge in [-0.3, -0.25) is 4.79 Å². The van der Waals surface area contributed by atoms with E-state index in [0.29, 0.717) is 12.5 Å². The maximum absolute atomic E-state index is 11.7. The fraction of sp³-hybridized carbons (Fsp3) is 0.917. The zero-order valence-corrected chi connectivity index (χ0v) is 13.2. The van der Waals surface area contributed by atoms with E-state index in [1.54, 1.807) is 0 Å². The van der Waals surface area contributed by atoms with E-state index >= 15 is 0 Å². The minimum atomic E-state index is -3.29. The van der Waals surface area contributed by atoms with Crippen LogP contribution in [0.1, 0.15) is 33.1 Å². The highest BCUT2D eigenvalue weighted by molar-refractivity contribution is 7.92. The molecule has 7 heteroatoms. The van der Waals surface area contributed by atoms with Gasteiger partial charge in [0, 0.05) is 6.04 Å². The number of rotatable bonds is 6. The molecule has 0 aromatic heterocycles. The van der Waals surface area contributed by atoms with Gasteiger partial charge in [0.05, 0.1) is 5.75 Å². The maximum Gasteiger partial charge on any atom is 0.235 e. The Bertz CT molecular complexity index is 384. The lowest BCUT2D eigenvalue weighted by Crippen LogP contribution is -2.42. The minimum absolute atomic E-state index is 0. The van der Waals surface area contributed by atoms with E-state index in [1.165, 1.54) is 0 Å². The molecule has 19 heavy (non-hydrogen) atoms. The van der Waals surface area contributed by atoms with Crippen LogP contribution in [0.4, 0.5) is 0 Å². The van der Waals surface area contributed by atoms with Gasteiger partial charge in [0.1, 0.15) is 5.75 Å². The highest BCUT2D eigenvalue weighted by Gasteiger charge is 2.28. The number of hydrogen-bond donors (Lipinski definition) is 2. The number of carbonyl (C=O) groups is 1. The largest absolute Gasteiger partial charge is 0.352 e. The molecule has 1 fully saturated rings. The zero-order chi connectivity index (χ0) is 13.8. The number of nitrogens with one attached hydrogen (secondary N) is 1. The van der Waals surface area contributed by atoms with Gasteiger partial charge in [-0.15, -0.1) is 12.4 Å². The van der Waals surface area contributed by atoms with Crippen molar-refractivity contribution in [2.75, 3.05) is 18.1 Å². The third kappa shape index (κ3) is 6.58. The molecule has 1 rings (SSSR count). The maximum atomic E-state index is 11.7. The molecule has 2 atom stereocenters. The summed E-state index contributed by atoms with van der Waals surface area (Å²) in [4.78, 5) is 11.7. The van der Waals surface area contributed by atoms with Gasteiger partial charge >= 0.3 is 0 Å². The van der Waals surface area contributed by atoms with Crippen LogP contribution in [-0.4, -0.2) is 38.4 Å². The lowest BCUT2D eigenvalue weighted by molar-refractivity contribution is -0.119. The van der Waals surface area contributed by atoms with Crippen LogP contribution in [0.15, 0.2) is 0 Å². The molecule has 1 saturated carbocycles. The molecule has 0 bridgehead atoms. The first-order valence-electron chi connectivity index (χ1n) is 6.54. The van der Waals surface area contributed by atoms with Crippen LogP contribution < -0.4 is 11.1 Å². The van der Waals surface area contributed by atoms with E-state index < -0.39 is 15.6 Å². The summed E-state index contributed by atoms with van der Waals surface area (Å²) in [5.74, 6) is -0.390. The van der Waals surface area contributed by atoms with Crippen molar-refractivity contribution in [3.8, 4) is 0 Å². The Balaban J connectivity index is 0.00000324. The summed E-state index contributed by atoms with van der Waals surface area (Å²) in [5, 5.41) is 2.81. The van der Waals surface area contributed by atoms with Crippen LogP contribution in [0, 0.1) is 11.8 Å². The quantitative estimate of drug-likeness (QED) is 0.756. The smallest absolute Gasteiger partial charge is 0.235 e. The average molecular weight is 313 g/mol. The molecule has 0 heterocycles. The van der Waals surface area contributed by atoms with Crippen molar-refractivity contribution in [3.63, 3.8) is 0 Å². The molecule has 3 N–H and O–H groups in total. The Morgan fingerprint density at radius 2 is 2.00 bits per heavy atom. The fourth-order valence-corrected chi connectivity index (χ4v) is 4.14. The third-order valence-corrected chi connectivity index (χ3v) is 5.12. The predicted molar refractivity (Wildman–Crippen MR) is 79.1 cm³/mol. The Hall–Kier alpha value is -0.330. The summed E-state index contributed by atoms with van der Waals surface area (Å²) < 4.78 is 23.4. The Morgan fingerprint density at radius 1 is 1.37 bits per heavy atom. The van der Waals surface area contributed by atoms with Crippen molar-refractivity contribution in [2.45, 2.75) is 39.2 Å². The first-order valence-corrected chi connectivity index (χ1v) is 8.36. The minimum Gasteiger partial charge on any atom is -0.352 e. The first-order chi connectivity index (χ1) is 8.34. The van der Waals surface area contributed by atoms with Crippen molar-refractivity contribution >= 4 is 28.2 Å². The van der Waals surface area contributed by atoms with Crippen LogP contribution in [0.25, 0.3) is 0 Å². The summed E-state index contributed by atoms with van der Waals surface area (Å²) in [7, 11) is -3.29. The van der Waals surface area contributed by atoms with E-state index in [-0.39, 0.29) is 36.0 Å². The lowest BCUT2D eigenvalue weighted by atomic mass is 10.0. The summed E-state index contributed by atoms with van der Waals surface area (Å²) in [6, 6.07) is 0.0525. The van der Waals surface area contributed by atoms with Gasteiger partial charge in [-0.1, -0.05) is 20.3 Å². The number of hydrogen-bond acceptors (Lipinski definition) is 4. The van der Waals surface area contributed by atoms with Crippen molar-refractivity contribution in [3.05, 3.63) is 0 Å². The standard InChI is InChI=1S/C12H24N2O3S.ClH/c1-9(2)7-18(16,17)8-12(15)14-11-5-3-4-10(11)6-13;/h9-11H,3-8,13H2,1-2H3,(H,14,15);1H. The molecule has 0 spiro atoms. The topological polar surface area (TPSA) is 89.3 Å². The number of carbonyl (C=O) groups excluding carboxylic acids is 1. The van der Waals surface area contributed by atoms with Crippen LogP contribution >= 0.6 is 12.4 Å². The molecule has 2 unspecified atom stereocenters. The van der Waals surface area contributed by atoms with Crippen LogP contribution in [0.5, 0.6) is 0 Å². The van der Waals surface area contributed by atoms with Crippen molar-refractivity contribution < 1.29 is 13.2 Å². The Labute approximate surface area is 122 Å². The summed E-state index contributed by atoms with van der Waals surface area (Å²) >= 11 is 0. The van der Waals surface area contributed by atoms with E-state index in [4.69, 9.17) is 5.73 Å². The third-order valence-electron chi connectivity index (χ3n) is 3.25. The first kappa shape index (κ1) is 18.7. The number of amides is 1. The van der Waals surface area contributed by atoms with Crippen molar-refractivity contribution in [1.82, 2.24) is 5.32 Å². The van der Waals surface area contributed by atoms with Gasteiger partial charge in [0.25, 0.3) is 0 Å². The summed E-state index contributed by atoms with van der Waals surface area (Å²) in [5.41, 5.74) is 5.62. The van der Waals surface area contributed by atoms with Crippen molar-refractivity contribution in [1.29, 1.82) is 0 Å². The van der Waals surface area contributed by atoms with E-state index in [1.807, 2.05) is 13.8 Å². The Kier molecular flexibility index (Phi) is 7.93. The van der Waals surface area contributed by atoms with Gasteiger partial charge in [0.2, 0.25) is 5.91 Å². The summed E-state index contributed by atoms with van der Waals surface area (Å²) in [6.45, 7) is 4.21. The van der Waals surface area contributed by atoms with E-state index in [9.17, 15) is 13.2 Å². The van der Waals surface area contributed by atoms with Gasteiger partial charge in [-0.2, -0.15) is 0 Å². The summed E-state index contributed by atoms with van der Waals surface area (Å²) in [6.07, 6.45) is 2.96. The van der Waals surface area contributed by atoms with Crippen LogP contribution in [-0.2, 0) is 14.6 Å². The second-order valence-corrected chi connectivity index (χ2v) is 7.66. The van der Waals surface area contributed by atoms with Gasteiger partial charge < -0.3 is 11.1 Å². The second-order valence-electron chi connectivity index (χ2n) is 5.55. The number of sulfone groups is 1. The normalized spacial score (nSPS) is 23.2. The highest BCUT2D eigenvalue weighted by atomic mass is 35.5. The highest BCUT2D eigenvalue weighted by Crippen LogP contribution is 2.24. The number of halogens is 1. The molecule has 114 valence electrons. The van der Waals surface area contributed by atoms with E-state index in [2.05, 4.69) is 5.32 Å². The molecule has 0 aliphatic heterocycles. The number of nitrogens with two attached hydrogens (primary N) is 1. The fourth-order valence-electron chi connectivity index (χ4n) is 2.52. The molecule has 5 nitrogen and oxygen atoms in total.